The van der Waals surface area contributed by atoms with E-state index in [1.54, 1.807) is 43.5 Å². The van der Waals surface area contributed by atoms with E-state index in [4.69, 9.17) is 4.74 Å². The summed E-state index contributed by atoms with van der Waals surface area (Å²) in [6.07, 6.45) is 0. The summed E-state index contributed by atoms with van der Waals surface area (Å²) in [5.41, 5.74) is 1.32. The van der Waals surface area contributed by atoms with Gasteiger partial charge < -0.3 is 4.74 Å². The molecular formula is C14H13Br2NO3S. The van der Waals surface area contributed by atoms with Gasteiger partial charge in [0, 0.05) is 4.47 Å². The van der Waals surface area contributed by atoms with Crippen LogP contribution in [-0.2, 0) is 10.0 Å². The zero-order chi connectivity index (χ0) is 15.6. The third kappa shape index (κ3) is 3.78. The number of halogens is 2. The van der Waals surface area contributed by atoms with E-state index >= 15 is 0 Å². The lowest BCUT2D eigenvalue weighted by Crippen LogP contribution is -2.13. The van der Waals surface area contributed by atoms with Gasteiger partial charge in [-0.05, 0) is 64.8 Å². The smallest absolute Gasteiger partial charge is 0.261 e. The SMILES string of the molecule is COc1ccc(NS(=O)(=O)c2ccc(Br)c(C)c2)cc1Br. The molecule has 0 radical (unpaired) electrons. The van der Waals surface area contributed by atoms with E-state index in [-0.39, 0.29) is 4.90 Å². The van der Waals surface area contributed by atoms with Gasteiger partial charge in [-0.25, -0.2) is 8.42 Å². The van der Waals surface area contributed by atoms with Gasteiger partial charge in [-0.15, -0.1) is 0 Å². The van der Waals surface area contributed by atoms with Crippen LogP contribution in [0.15, 0.2) is 50.2 Å². The van der Waals surface area contributed by atoms with Crippen molar-refractivity contribution in [3.8, 4) is 5.75 Å². The first-order valence-corrected chi connectivity index (χ1v) is 9.03. The maximum Gasteiger partial charge on any atom is 0.261 e. The summed E-state index contributed by atoms with van der Waals surface area (Å²) >= 11 is 6.68. The number of ether oxygens (including phenoxy) is 1. The summed E-state index contributed by atoms with van der Waals surface area (Å²) in [5, 5.41) is 0. The number of hydrogen-bond acceptors (Lipinski definition) is 3. The monoisotopic (exact) mass is 433 g/mol. The van der Waals surface area contributed by atoms with Gasteiger partial charge in [0.15, 0.2) is 0 Å². The Morgan fingerprint density at radius 2 is 1.76 bits per heavy atom. The molecule has 0 atom stereocenters. The highest BCUT2D eigenvalue weighted by molar-refractivity contribution is 9.10. The highest BCUT2D eigenvalue weighted by Gasteiger charge is 2.15. The summed E-state index contributed by atoms with van der Waals surface area (Å²) in [7, 11) is -2.07. The lowest BCUT2D eigenvalue weighted by Gasteiger charge is -2.11. The number of anilines is 1. The molecule has 21 heavy (non-hydrogen) atoms. The van der Waals surface area contributed by atoms with Crippen LogP contribution in [0.5, 0.6) is 5.75 Å². The summed E-state index contributed by atoms with van der Waals surface area (Å²) in [5.74, 6) is 0.637. The molecule has 1 N–H and O–H groups in total. The molecule has 2 aromatic carbocycles. The van der Waals surface area contributed by atoms with Crippen LogP contribution in [0.3, 0.4) is 0 Å². The van der Waals surface area contributed by atoms with Crippen LogP contribution in [0.25, 0.3) is 0 Å². The van der Waals surface area contributed by atoms with Gasteiger partial charge in [0.2, 0.25) is 0 Å². The van der Waals surface area contributed by atoms with Gasteiger partial charge in [-0.3, -0.25) is 4.72 Å². The van der Waals surface area contributed by atoms with E-state index in [1.165, 1.54) is 0 Å². The fraction of sp³-hybridized carbons (Fsp3) is 0.143. The van der Waals surface area contributed by atoms with E-state index in [1.807, 2.05) is 6.92 Å². The van der Waals surface area contributed by atoms with Crippen molar-refractivity contribution in [3.05, 3.63) is 50.9 Å². The zero-order valence-corrected chi connectivity index (χ0v) is 15.3. The summed E-state index contributed by atoms with van der Waals surface area (Å²) in [6, 6.07) is 9.88. The minimum absolute atomic E-state index is 0.218. The molecule has 0 aliphatic rings. The third-order valence-corrected chi connectivity index (χ3v) is 5.73. The summed E-state index contributed by atoms with van der Waals surface area (Å²) < 4.78 is 33.9. The van der Waals surface area contributed by atoms with Crippen molar-refractivity contribution in [3.63, 3.8) is 0 Å². The quantitative estimate of drug-likeness (QED) is 0.778. The van der Waals surface area contributed by atoms with Crippen molar-refractivity contribution in [2.45, 2.75) is 11.8 Å². The molecule has 0 fully saturated rings. The van der Waals surface area contributed by atoms with Crippen molar-refractivity contribution in [1.29, 1.82) is 0 Å². The second kappa shape index (κ2) is 6.37. The Kier molecular flexibility index (Phi) is 4.95. The van der Waals surface area contributed by atoms with Crippen LogP contribution >= 0.6 is 31.9 Å². The Bertz CT molecular complexity index is 776. The van der Waals surface area contributed by atoms with Crippen LogP contribution in [0.2, 0.25) is 0 Å². The molecule has 4 nitrogen and oxygen atoms in total. The van der Waals surface area contributed by atoms with Crippen LogP contribution in [0.1, 0.15) is 5.56 Å². The average molecular weight is 435 g/mol. The van der Waals surface area contributed by atoms with Crippen molar-refractivity contribution in [1.82, 2.24) is 0 Å². The number of nitrogens with one attached hydrogen (secondary N) is 1. The predicted octanol–water partition coefficient (Wildman–Crippen LogP) is 4.33. The minimum atomic E-state index is -3.62. The fourth-order valence-electron chi connectivity index (χ4n) is 1.73. The Hall–Kier alpha value is -1.05. The lowest BCUT2D eigenvalue weighted by molar-refractivity contribution is 0.412. The highest BCUT2D eigenvalue weighted by Crippen LogP contribution is 2.29. The first-order chi connectivity index (χ1) is 9.83. The van der Waals surface area contributed by atoms with Crippen molar-refractivity contribution < 1.29 is 13.2 Å². The number of hydrogen-bond donors (Lipinski definition) is 1. The van der Waals surface area contributed by atoms with Crippen LogP contribution in [0.4, 0.5) is 5.69 Å². The molecule has 0 spiro atoms. The van der Waals surface area contributed by atoms with E-state index in [2.05, 4.69) is 36.6 Å². The molecule has 0 saturated heterocycles. The topological polar surface area (TPSA) is 55.4 Å². The number of methoxy groups -OCH3 is 1. The molecule has 0 aliphatic heterocycles. The molecule has 0 aromatic heterocycles. The Morgan fingerprint density at radius 1 is 1.05 bits per heavy atom. The zero-order valence-electron chi connectivity index (χ0n) is 11.4. The van der Waals surface area contributed by atoms with E-state index < -0.39 is 10.0 Å². The summed E-state index contributed by atoms with van der Waals surface area (Å²) in [4.78, 5) is 0.218. The number of sulfonamides is 1. The van der Waals surface area contributed by atoms with Crippen molar-refractivity contribution in [2.75, 3.05) is 11.8 Å². The third-order valence-electron chi connectivity index (χ3n) is 2.84. The molecule has 2 aromatic rings. The number of rotatable bonds is 4. The molecule has 0 saturated carbocycles. The second-order valence-electron chi connectivity index (χ2n) is 4.37. The van der Waals surface area contributed by atoms with Crippen LogP contribution in [0, 0.1) is 6.92 Å². The van der Waals surface area contributed by atoms with Crippen molar-refractivity contribution >= 4 is 47.6 Å². The first-order valence-electron chi connectivity index (χ1n) is 5.96. The largest absolute Gasteiger partial charge is 0.496 e. The molecule has 0 aliphatic carbocycles. The second-order valence-corrected chi connectivity index (χ2v) is 7.76. The van der Waals surface area contributed by atoms with Gasteiger partial charge in [0.1, 0.15) is 5.75 Å². The van der Waals surface area contributed by atoms with Crippen molar-refractivity contribution in [2.24, 2.45) is 0 Å². The first kappa shape index (κ1) is 16.3. The molecule has 7 heteroatoms. The molecule has 112 valence electrons. The normalized spacial score (nSPS) is 11.2. The lowest BCUT2D eigenvalue weighted by atomic mass is 10.2. The molecule has 2 rings (SSSR count). The molecule has 0 amide bonds. The summed E-state index contributed by atoms with van der Waals surface area (Å²) in [6.45, 7) is 1.84. The van der Waals surface area contributed by atoms with Gasteiger partial charge in [-0.1, -0.05) is 15.9 Å². The van der Waals surface area contributed by atoms with E-state index in [9.17, 15) is 8.42 Å². The maximum atomic E-state index is 12.4. The van der Waals surface area contributed by atoms with Crippen LogP contribution in [-0.4, -0.2) is 15.5 Å². The molecule has 0 unspecified atom stereocenters. The molecular weight excluding hydrogens is 422 g/mol. The standard InChI is InChI=1S/C14H13Br2NO3S/c1-9-7-11(4-5-12(9)15)21(18,19)17-10-3-6-14(20-2)13(16)8-10/h3-8,17H,1-2H3. The van der Waals surface area contributed by atoms with Crippen LogP contribution < -0.4 is 9.46 Å². The minimum Gasteiger partial charge on any atom is -0.496 e. The Labute approximate surface area is 140 Å². The average Bonchev–Trinajstić information content (AvgIpc) is 2.41. The molecule has 0 bridgehead atoms. The highest BCUT2D eigenvalue weighted by atomic mass is 79.9. The Balaban J connectivity index is 2.32. The van der Waals surface area contributed by atoms with Gasteiger partial charge >= 0.3 is 0 Å². The maximum absolute atomic E-state index is 12.4. The Morgan fingerprint density at radius 3 is 2.33 bits per heavy atom. The van der Waals surface area contributed by atoms with Gasteiger partial charge in [0.25, 0.3) is 10.0 Å². The van der Waals surface area contributed by atoms with Gasteiger partial charge in [0.05, 0.1) is 22.2 Å². The number of benzene rings is 2. The van der Waals surface area contributed by atoms with E-state index in [0.717, 1.165) is 10.0 Å². The van der Waals surface area contributed by atoms with E-state index in [0.29, 0.717) is 15.9 Å². The number of aryl methyl sites for hydroxylation is 1. The molecule has 0 heterocycles. The van der Waals surface area contributed by atoms with Gasteiger partial charge in [-0.2, -0.15) is 0 Å². The predicted molar refractivity (Wildman–Crippen MR) is 90.4 cm³/mol. The fourth-order valence-corrected chi connectivity index (χ4v) is 3.65.